The minimum Gasteiger partial charge on any atom is -0.356 e. The Labute approximate surface area is 84.9 Å². The predicted molar refractivity (Wildman–Crippen MR) is 58.7 cm³/mol. The van der Waals surface area contributed by atoms with Gasteiger partial charge in [-0.3, -0.25) is 4.79 Å². The normalized spacial score (nSPS) is 9.23. The fourth-order valence-electron chi connectivity index (χ4n) is 0.863. The van der Waals surface area contributed by atoms with Gasteiger partial charge < -0.3 is 5.32 Å². The number of rotatable bonds is 7. The van der Waals surface area contributed by atoms with Gasteiger partial charge in [-0.15, -0.1) is 12.3 Å². The van der Waals surface area contributed by atoms with Crippen molar-refractivity contribution < 1.29 is 4.79 Å². The molecule has 0 radical (unpaired) electrons. The minimum absolute atomic E-state index is 0.148. The van der Waals surface area contributed by atoms with Gasteiger partial charge in [-0.05, 0) is 19.1 Å². The molecule has 0 heterocycles. The van der Waals surface area contributed by atoms with Crippen LogP contribution in [0.15, 0.2) is 0 Å². The Kier molecular flexibility index (Phi) is 9.02. The Balaban J connectivity index is 3.13. The molecule has 0 spiro atoms. The molecule has 0 saturated heterocycles. The van der Waals surface area contributed by atoms with Crippen LogP contribution in [-0.4, -0.2) is 24.5 Å². The molecule has 13 heavy (non-hydrogen) atoms. The van der Waals surface area contributed by atoms with Gasteiger partial charge in [0.25, 0.3) is 0 Å². The molecule has 0 fully saturated rings. The highest BCUT2D eigenvalue weighted by Gasteiger charge is 1.98. The van der Waals surface area contributed by atoms with Gasteiger partial charge in [0.1, 0.15) is 0 Å². The van der Waals surface area contributed by atoms with Crippen LogP contribution < -0.4 is 5.32 Å². The zero-order chi connectivity index (χ0) is 9.94. The average molecular weight is 199 g/mol. The van der Waals surface area contributed by atoms with Crippen LogP contribution in [-0.2, 0) is 4.79 Å². The van der Waals surface area contributed by atoms with E-state index in [1.165, 1.54) is 0 Å². The summed E-state index contributed by atoms with van der Waals surface area (Å²) in [6, 6.07) is 0. The van der Waals surface area contributed by atoms with E-state index in [1.54, 1.807) is 11.8 Å². The molecule has 2 nitrogen and oxygen atoms in total. The highest BCUT2D eigenvalue weighted by atomic mass is 32.2. The molecule has 0 saturated carbocycles. The lowest BCUT2D eigenvalue weighted by Gasteiger charge is -2.02. The van der Waals surface area contributed by atoms with Crippen LogP contribution in [0.3, 0.4) is 0 Å². The van der Waals surface area contributed by atoms with Crippen LogP contribution in [0.5, 0.6) is 0 Å². The first-order valence-corrected chi connectivity index (χ1v) is 5.89. The summed E-state index contributed by atoms with van der Waals surface area (Å²) in [7, 11) is 0. The number of terminal acetylenes is 1. The summed E-state index contributed by atoms with van der Waals surface area (Å²) >= 11 is 1.69. The number of carbonyl (C=O) groups is 1. The highest BCUT2D eigenvalue weighted by Crippen LogP contribution is 1.95. The first-order chi connectivity index (χ1) is 6.31. The lowest BCUT2D eigenvalue weighted by molar-refractivity contribution is -0.120. The quantitative estimate of drug-likeness (QED) is 0.499. The predicted octanol–water partition coefficient (Wildman–Crippen LogP) is 1.66. The number of nitrogens with one attached hydrogen (secondary N) is 1. The van der Waals surface area contributed by atoms with Crippen molar-refractivity contribution in [3.63, 3.8) is 0 Å². The minimum atomic E-state index is 0.148. The summed E-state index contributed by atoms with van der Waals surface area (Å²) in [6.45, 7) is 0.759. The van der Waals surface area contributed by atoms with Crippen molar-refractivity contribution in [2.24, 2.45) is 0 Å². The summed E-state index contributed by atoms with van der Waals surface area (Å²) in [4.78, 5) is 11.1. The van der Waals surface area contributed by atoms with E-state index in [4.69, 9.17) is 6.42 Å². The summed E-state index contributed by atoms with van der Waals surface area (Å²) < 4.78 is 0. The summed E-state index contributed by atoms with van der Waals surface area (Å²) in [5.74, 6) is 3.62. The standard InChI is InChI=1S/C10H17NOS/c1-3-4-5-6-8-11-10(12)7-9-13-2/h1H,4-9H2,2H3,(H,11,12). The number of unbranched alkanes of at least 4 members (excludes halogenated alkanes) is 2. The van der Waals surface area contributed by atoms with Crippen molar-refractivity contribution >= 4 is 17.7 Å². The SMILES string of the molecule is C#CCCCCNC(=O)CCSC. The van der Waals surface area contributed by atoms with Gasteiger partial charge in [0.2, 0.25) is 5.91 Å². The maximum atomic E-state index is 11.1. The fraction of sp³-hybridized carbons (Fsp3) is 0.700. The second kappa shape index (κ2) is 9.47. The number of carbonyl (C=O) groups excluding carboxylic acids is 1. The Hall–Kier alpha value is -0.620. The van der Waals surface area contributed by atoms with Crippen LogP contribution in [0, 0.1) is 12.3 Å². The summed E-state index contributed by atoms with van der Waals surface area (Å²) in [5.41, 5.74) is 0. The zero-order valence-corrected chi connectivity index (χ0v) is 8.95. The maximum Gasteiger partial charge on any atom is 0.220 e. The van der Waals surface area contributed by atoms with E-state index in [2.05, 4.69) is 11.2 Å². The molecule has 0 aliphatic heterocycles. The largest absolute Gasteiger partial charge is 0.356 e. The third-order valence-electron chi connectivity index (χ3n) is 1.60. The van der Waals surface area contributed by atoms with Crippen molar-refractivity contribution in [2.75, 3.05) is 18.6 Å². The molecule has 74 valence electrons. The van der Waals surface area contributed by atoms with Gasteiger partial charge in [-0.25, -0.2) is 0 Å². The fourth-order valence-corrected chi connectivity index (χ4v) is 1.25. The monoisotopic (exact) mass is 199 g/mol. The molecule has 0 rings (SSSR count). The summed E-state index contributed by atoms with van der Waals surface area (Å²) in [6.07, 6.45) is 10.5. The Morgan fingerprint density at radius 1 is 1.54 bits per heavy atom. The van der Waals surface area contributed by atoms with Crippen molar-refractivity contribution in [3.05, 3.63) is 0 Å². The Bertz CT molecular complexity index is 174. The average Bonchev–Trinajstić information content (AvgIpc) is 2.14. The van der Waals surface area contributed by atoms with Crippen molar-refractivity contribution in [1.82, 2.24) is 5.32 Å². The molecule has 0 aromatic heterocycles. The molecule has 0 unspecified atom stereocenters. The van der Waals surface area contributed by atoms with Crippen molar-refractivity contribution in [3.8, 4) is 12.3 Å². The van der Waals surface area contributed by atoms with Gasteiger partial charge >= 0.3 is 0 Å². The van der Waals surface area contributed by atoms with E-state index in [-0.39, 0.29) is 5.91 Å². The number of hydrogen-bond donors (Lipinski definition) is 1. The first-order valence-electron chi connectivity index (χ1n) is 4.50. The van der Waals surface area contributed by atoms with Gasteiger partial charge in [-0.2, -0.15) is 11.8 Å². The van der Waals surface area contributed by atoms with Gasteiger partial charge in [0, 0.05) is 25.1 Å². The van der Waals surface area contributed by atoms with Crippen LogP contribution in [0.1, 0.15) is 25.7 Å². The molecule has 0 atom stereocenters. The van der Waals surface area contributed by atoms with E-state index in [0.29, 0.717) is 6.42 Å². The van der Waals surface area contributed by atoms with Crippen LogP contribution in [0.2, 0.25) is 0 Å². The van der Waals surface area contributed by atoms with E-state index >= 15 is 0 Å². The third-order valence-corrected chi connectivity index (χ3v) is 2.22. The number of thioether (sulfide) groups is 1. The molecule has 0 aliphatic carbocycles. The maximum absolute atomic E-state index is 11.1. The molecular weight excluding hydrogens is 182 g/mol. The van der Waals surface area contributed by atoms with Crippen LogP contribution in [0.25, 0.3) is 0 Å². The van der Waals surface area contributed by atoms with Gasteiger partial charge in [-0.1, -0.05) is 0 Å². The number of hydrogen-bond acceptors (Lipinski definition) is 2. The van der Waals surface area contributed by atoms with Crippen LogP contribution in [0.4, 0.5) is 0 Å². The first kappa shape index (κ1) is 12.4. The zero-order valence-electron chi connectivity index (χ0n) is 8.14. The molecule has 0 aromatic carbocycles. The van der Waals surface area contributed by atoms with Crippen molar-refractivity contribution in [2.45, 2.75) is 25.7 Å². The van der Waals surface area contributed by atoms with Gasteiger partial charge in [0.15, 0.2) is 0 Å². The summed E-state index contributed by atoms with van der Waals surface area (Å²) in [5, 5.41) is 2.86. The Morgan fingerprint density at radius 3 is 2.92 bits per heavy atom. The van der Waals surface area contributed by atoms with E-state index < -0.39 is 0 Å². The molecule has 1 amide bonds. The highest BCUT2D eigenvalue weighted by molar-refractivity contribution is 7.98. The second-order valence-electron chi connectivity index (χ2n) is 2.75. The van der Waals surface area contributed by atoms with E-state index in [0.717, 1.165) is 31.6 Å². The van der Waals surface area contributed by atoms with E-state index in [9.17, 15) is 4.79 Å². The topological polar surface area (TPSA) is 29.1 Å². The van der Waals surface area contributed by atoms with Gasteiger partial charge in [0.05, 0.1) is 0 Å². The lowest BCUT2D eigenvalue weighted by atomic mass is 10.2. The molecule has 0 aliphatic rings. The molecule has 0 aromatic rings. The second-order valence-corrected chi connectivity index (χ2v) is 3.74. The van der Waals surface area contributed by atoms with Crippen molar-refractivity contribution in [1.29, 1.82) is 0 Å². The van der Waals surface area contributed by atoms with E-state index in [1.807, 2.05) is 6.26 Å². The molecule has 3 heteroatoms. The molecule has 0 bridgehead atoms. The number of amides is 1. The van der Waals surface area contributed by atoms with Crippen LogP contribution >= 0.6 is 11.8 Å². The molecule has 1 N–H and O–H groups in total. The Morgan fingerprint density at radius 2 is 2.31 bits per heavy atom. The third kappa shape index (κ3) is 9.29. The smallest absolute Gasteiger partial charge is 0.220 e. The lowest BCUT2D eigenvalue weighted by Crippen LogP contribution is -2.24. The molecular formula is C10H17NOS.